The monoisotopic (exact) mass is 502 g/mol. The summed E-state index contributed by atoms with van der Waals surface area (Å²) in [5.41, 5.74) is 1.21. The van der Waals surface area contributed by atoms with Crippen LogP contribution in [-0.2, 0) is 5.60 Å². The van der Waals surface area contributed by atoms with Gasteiger partial charge >= 0.3 is 0 Å². The number of aliphatic hydroxyl groups is 2. The van der Waals surface area contributed by atoms with Gasteiger partial charge in [-0.3, -0.25) is 4.90 Å². The summed E-state index contributed by atoms with van der Waals surface area (Å²) in [5.74, 6) is -0.0880. The normalized spacial score (nSPS) is 18.3. The average Bonchev–Trinajstić information content (AvgIpc) is 2.83. The van der Waals surface area contributed by atoms with Crippen LogP contribution in [0, 0.1) is 11.6 Å². The maximum Gasteiger partial charge on any atom is 0.123 e. The summed E-state index contributed by atoms with van der Waals surface area (Å²) in [6.07, 6.45) is 0. The number of β-amino-alcohol motifs (C(OH)–C–C–N with tert-alkyl or cyclic N) is 1. The number of ether oxygens (including phenoxy) is 1. The van der Waals surface area contributed by atoms with E-state index in [1.165, 1.54) is 24.3 Å². The van der Waals surface area contributed by atoms with Crippen LogP contribution in [0.5, 0.6) is 5.75 Å². The van der Waals surface area contributed by atoms with E-state index in [9.17, 15) is 13.9 Å². The molecular formula is C27H29ClF2N2O3. The molecule has 0 saturated carbocycles. The molecule has 0 spiro atoms. The number of aliphatic hydroxyl groups excluding tert-OH is 1. The lowest BCUT2D eigenvalue weighted by molar-refractivity contribution is 0.0102. The third-order valence-corrected chi connectivity index (χ3v) is 6.61. The number of halogens is 3. The Labute approximate surface area is 209 Å². The maximum atomic E-state index is 13.7. The lowest BCUT2D eigenvalue weighted by Gasteiger charge is -2.45. The molecule has 1 saturated heterocycles. The van der Waals surface area contributed by atoms with Crippen molar-refractivity contribution in [3.63, 3.8) is 0 Å². The molecule has 1 heterocycles. The van der Waals surface area contributed by atoms with Gasteiger partial charge in [0.05, 0.1) is 29.0 Å². The van der Waals surface area contributed by atoms with Crippen LogP contribution in [0.25, 0.3) is 0 Å². The molecule has 0 bridgehead atoms. The Kier molecular flexibility index (Phi) is 7.91. The second kappa shape index (κ2) is 10.9. The molecule has 4 rings (SSSR count). The van der Waals surface area contributed by atoms with Crippen LogP contribution in [-0.4, -0.2) is 54.5 Å². The van der Waals surface area contributed by atoms with E-state index in [1.807, 2.05) is 12.1 Å². The number of hydrogen-bond acceptors (Lipinski definition) is 5. The average molecular weight is 503 g/mol. The van der Waals surface area contributed by atoms with Gasteiger partial charge in [0.15, 0.2) is 0 Å². The number of hydrogen-bond donors (Lipinski definition) is 2. The molecule has 35 heavy (non-hydrogen) atoms. The van der Waals surface area contributed by atoms with Crippen LogP contribution in [0.1, 0.15) is 24.1 Å². The smallest absolute Gasteiger partial charge is 0.123 e. The van der Waals surface area contributed by atoms with Crippen LogP contribution in [0.3, 0.4) is 0 Å². The van der Waals surface area contributed by atoms with Crippen molar-refractivity contribution in [3.8, 4) is 5.75 Å². The highest BCUT2D eigenvalue weighted by molar-refractivity contribution is 6.33. The standard InChI is InChI=1S/C27H29ClF2N2O3/c1-27(34,20-4-8-22(30)9-5-20)18-31-12-13-32(26(17-31)19-2-6-21(29)7-3-19)25-11-10-23(16-24(25)28)35-15-14-33/h2-11,16,26,33-34H,12-15,17-18H2,1H3/t26-,27+/m0/s1. The van der Waals surface area contributed by atoms with Crippen LogP contribution in [0.4, 0.5) is 14.5 Å². The van der Waals surface area contributed by atoms with E-state index >= 15 is 0 Å². The van der Waals surface area contributed by atoms with Gasteiger partial charge in [0.25, 0.3) is 0 Å². The van der Waals surface area contributed by atoms with E-state index in [0.29, 0.717) is 42.5 Å². The summed E-state index contributed by atoms with van der Waals surface area (Å²) in [6.45, 7) is 4.03. The van der Waals surface area contributed by atoms with Crippen LogP contribution >= 0.6 is 11.6 Å². The van der Waals surface area contributed by atoms with Crippen molar-refractivity contribution in [2.75, 3.05) is 44.3 Å². The van der Waals surface area contributed by atoms with E-state index in [0.717, 1.165) is 11.3 Å². The summed E-state index contributed by atoms with van der Waals surface area (Å²) in [4.78, 5) is 4.33. The number of nitrogens with zero attached hydrogens (tertiary/aromatic N) is 2. The van der Waals surface area contributed by atoms with Crippen molar-refractivity contribution in [1.29, 1.82) is 0 Å². The molecule has 0 aromatic heterocycles. The molecule has 0 aliphatic carbocycles. The first-order chi connectivity index (χ1) is 16.8. The molecular weight excluding hydrogens is 474 g/mol. The first kappa shape index (κ1) is 25.4. The van der Waals surface area contributed by atoms with Crippen molar-refractivity contribution in [1.82, 2.24) is 4.90 Å². The van der Waals surface area contributed by atoms with Crippen molar-refractivity contribution >= 4 is 17.3 Å². The minimum absolute atomic E-state index is 0.0876. The molecule has 0 radical (unpaired) electrons. The third-order valence-electron chi connectivity index (χ3n) is 6.31. The summed E-state index contributed by atoms with van der Waals surface area (Å²) >= 11 is 6.63. The maximum absolute atomic E-state index is 13.7. The van der Waals surface area contributed by atoms with Gasteiger partial charge in [0.1, 0.15) is 24.0 Å². The zero-order valence-corrected chi connectivity index (χ0v) is 20.3. The fourth-order valence-electron chi connectivity index (χ4n) is 4.55. The summed E-state index contributed by atoms with van der Waals surface area (Å²) < 4.78 is 32.5. The Bertz CT molecular complexity index is 1130. The highest BCUT2D eigenvalue weighted by Crippen LogP contribution is 2.38. The van der Waals surface area contributed by atoms with Gasteiger partial charge in [0, 0.05) is 32.2 Å². The van der Waals surface area contributed by atoms with Gasteiger partial charge in [-0.25, -0.2) is 8.78 Å². The summed E-state index contributed by atoms with van der Waals surface area (Å²) in [6, 6.07) is 17.6. The molecule has 2 N–H and O–H groups in total. The Hall–Kier alpha value is -2.71. The van der Waals surface area contributed by atoms with Gasteiger partial charge in [-0.05, 0) is 54.4 Å². The first-order valence-electron chi connectivity index (χ1n) is 11.5. The second-order valence-corrected chi connectivity index (χ2v) is 9.37. The molecule has 2 atom stereocenters. The van der Waals surface area contributed by atoms with Crippen molar-refractivity contribution in [2.45, 2.75) is 18.6 Å². The number of piperazine rings is 1. The molecule has 0 amide bonds. The molecule has 1 fully saturated rings. The zero-order chi connectivity index (χ0) is 25.0. The summed E-state index contributed by atoms with van der Waals surface area (Å²) in [5, 5.41) is 20.7. The Morgan fingerprint density at radius 1 is 1.00 bits per heavy atom. The van der Waals surface area contributed by atoms with E-state index in [2.05, 4.69) is 9.80 Å². The highest BCUT2D eigenvalue weighted by Gasteiger charge is 2.34. The third kappa shape index (κ3) is 6.11. The molecule has 1 aliphatic rings. The highest BCUT2D eigenvalue weighted by atomic mass is 35.5. The predicted octanol–water partition coefficient (Wildman–Crippen LogP) is 4.76. The number of benzene rings is 3. The largest absolute Gasteiger partial charge is 0.491 e. The quantitative estimate of drug-likeness (QED) is 0.465. The molecule has 8 heteroatoms. The Morgan fingerprint density at radius 3 is 2.29 bits per heavy atom. The van der Waals surface area contributed by atoms with Crippen molar-refractivity contribution in [2.24, 2.45) is 0 Å². The van der Waals surface area contributed by atoms with Crippen molar-refractivity contribution < 1.29 is 23.7 Å². The van der Waals surface area contributed by atoms with Gasteiger partial charge in [-0.2, -0.15) is 0 Å². The molecule has 0 unspecified atom stereocenters. The van der Waals surface area contributed by atoms with E-state index in [1.54, 1.807) is 37.3 Å². The fourth-order valence-corrected chi connectivity index (χ4v) is 4.83. The van der Waals surface area contributed by atoms with Crippen molar-refractivity contribution in [3.05, 3.63) is 94.5 Å². The van der Waals surface area contributed by atoms with Gasteiger partial charge < -0.3 is 19.8 Å². The number of rotatable bonds is 8. The van der Waals surface area contributed by atoms with E-state index < -0.39 is 5.60 Å². The molecule has 186 valence electrons. The Morgan fingerprint density at radius 2 is 1.66 bits per heavy atom. The minimum Gasteiger partial charge on any atom is -0.491 e. The molecule has 1 aliphatic heterocycles. The van der Waals surface area contributed by atoms with Crippen LogP contribution < -0.4 is 9.64 Å². The van der Waals surface area contributed by atoms with E-state index in [4.69, 9.17) is 21.4 Å². The van der Waals surface area contributed by atoms with Gasteiger partial charge in [0.2, 0.25) is 0 Å². The number of anilines is 1. The molecule has 3 aromatic rings. The first-order valence-corrected chi connectivity index (χ1v) is 11.9. The van der Waals surface area contributed by atoms with Gasteiger partial charge in [-0.15, -0.1) is 0 Å². The lowest BCUT2D eigenvalue weighted by Crippen LogP contribution is -2.52. The molecule has 3 aromatic carbocycles. The fraction of sp³-hybridized carbons (Fsp3) is 0.333. The van der Waals surface area contributed by atoms with Gasteiger partial charge in [-0.1, -0.05) is 35.9 Å². The van der Waals surface area contributed by atoms with E-state index in [-0.39, 0.29) is 30.9 Å². The SMILES string of the molecule is C[C@@](O)(CN1CCN(c2ccc(OCCO)cc2Cl)[C@H](c2ccc(F)cc2)C1)c1ccc(F)cc1. The Balaban J connectivity index is 1.58. The minimum atomic E-state index is -1.17. The summed E-state index contributed by atoms with van der Waals surface area (Å²) in [7, 11) is 0. The lowest BCUT2D eigenvalue weighted by atomic mass is 9.94. The topological polar surface area (TPSA) is 56.2 Å². The van der Waals surface area contributed by atoms with Crippen LogP contribution in [0.2, 0.25) is 5.02 Å². The molecule has 5 nitrogen and oxygen atoms in total. The zero-order valence-electron chi connectivity index (χ0n) is 19.5. The van der Waals surface area contributed by atoms with Crippen LogP contribution in [0.15, 0.2) is 66.7 Å². The predicted molar refractivity (Wildman–Crippen MR) is 133 cm³/mol. The second-order valence-electron chi connectivity index (χ2n) is 8.96.